The third-order valence-electron chi connectivity index (χ3n) is 15.3. The normalized spacial score (nSPS) is 14.6. The maximum atomic E-state index is 14.8. The largest absolute Gasteiger partial charge is 0.508 e. The highest BCUT2D eigenvalue weighted by atomic mass is 32.1. The number of amides is 10. The standard InChI is InChI=1S/C62H83N15O18S/c1-31(78)52(61(93)76-48(30-96)62(94)95)77-60(92)45(25-49(66)80)73-59(91)47(27-51(83)84)74-55(87)42(15-7-9-21-64)69-54(86)41(14-6-8-20-63)70-58(90)46(26-50(81)82)75-56(88)43(22-32-16-18-35(79)19-17-32)72-57(89)44(24-34-29-68-40-13-5-3-11-37(34)40)71-53(85)38(65)23-33-28-67-39-12-4-2-10-36(33)39/h2-5,10-13,16-19,28-29,31,38,41-48,52,67-68,78-79,96H,6-9,14-15,20-27,30,63-65H2,1H3,(H2,66,80)(H,69,86)(H,70,90)(H,71,85)(H,72,89)(H,73,91)(H,74,87)(H,75,88)(H,76,93)(H,77,92)(H,81,82)(H,83,84)(H,94,95)/t31-,38+,41+,42+,43+,44+,45+,46+,47+,48+,52+/m1/s1. The molecule has 5 rings (SSSR count). The number of unbranched alkanes of at least 4 members (excludes halogenated alkanes) is 2. The van der Waals surface area contributed by atoms with Gasteiger partial charge in [0.05, 0.1) is 31.4 Å². The molecule has 0 bridgehead atoms. The number of aromatic hydroxyl groups is 1. The van der Waals surface area contributed by atoms with E-state index < -0.39 is 169 Å². The molecule has 33 nitrogen and oxygen atoms in total. The van der Waals surface area contributed by atoms with Gasteiger partial charge in [-0.15, -0.1) is 0 Å². The van der Waals surface area contributed by atoms with E-state index in [9.17, 15) is 87.9 Å². The van der Waals surface area contributed by atoms with Crippen molar-refractivity contribution in [3.63, 3.8) is 0 Å². The number of hydrogen-bond donors (Lipinski definition) is 21. The maximum Gasteiger partial charge on any atom is 0.327 e. The molecule has 2 aromatic heterocycles. The number of benzene rings is 3. The number of nitrogens with two attached hydrogens (primary N) is 4. The number of hydrogen-bond acceptors (Lipinski definition) is 19. The first-order valence-corrected chi connectivity index (χ1v) is 31.3. The van der Waals surface area contributed by atoms with E-state index in [1.165, 1.54) is 24.3 Å². The molecular formula is C62H83N15O18S. The minimum atomic E-state index is -2.10. The van der Waals surface area contributed by atoms with Gasteiger partial charge < -0.3 is 106 Å². The van der Waals surface area contributed by atoms with Crippen molar-refractivity contribution in [2.45, 2.75) is 150 Å². The van der Waals surface area contributed by atoms with Crippen LogP contribution in [0.5, 0.6) is 5.75 Å². The highest BCUT2D eigenvalue weighted by Crippen LogP contribution is 2.22. The number of primary amides is 1. The average Bonchev–Trinajstić information content (AvgIpc) is 1.65. The van der Waals surface area contributed by atoms with Crippen LogP contribution in [0.4, 0.5) is 0 Å². The number of carboxylic acids is 3. The molecule has 0 saturated carbocycles. The van der Waals surface area contributed by atoms with Crippen LogP contribution in [0.25, 0.3) is 21.8 Å². The van der Waals surface area contributed by atoms with Crippen LogP contribution in [0.3, 0.4) is 0 Å². The van der Waals surface area contributed by atoms with Crippen LogP contribution in [0, 0.1) is 0 Å². The SMILES string of the molecule is C[C@@H](O)[C@H](NC(=O)[C@H](CC(N)=O)NC(=O)[C@H](CC(=O)O)NC(=O)[C@H](CCCCN)NC(=O)[C@H](CCCCN)NC(=O)[C@H](CC(=O)O)NC(=O)[C@H](Cc1ccc(O)cc1)NC(=O)[C@H](Cc1c[nH]c2ccccc12)NC(=O)[C@@H](N)Cc1c[nH]c2ccccc12)C(=O)N[C@@H](CS)C(=O)O. The molecule has 0 aliphatic rings. The van der Waals surface area contributed by atoms with Gasteiger partial charge in [0.1, 0.15) is 60.1 Å². The molecule has 0 aliphatic heterocycles. The van der Waals surface area contributed by atoms with Gasteiger partial charge in [-0.2, -0.15) is 12.6 Å². The van der Waals surface area contributed by atoms with Crippen molar-refractivity contribution < 1.29 is 87.9 Å². The summed E-state index contributed by atoms with van der Waals surface area (Å²) in [5.74, 6) is -16.9. The molecule has 2 heterocycles. The number of aliphatic hydroxyl groups excluding tert-OH is 1. The molecule has 96 heavy (non-hydrogen) atoms. The minimum absolute atomic E-state index is 0.0536. The first kappa shape index (κ1) is 76.6. The third kappa shape index (κ3) is 23.7. The number of carbonyl (C=O) groups excluding carboxylic acids is 10. The van der Waals surface area contributed by atoms with Crippen LogP contribution < -0.4 is 70.8 Å². The van der Waals surface area contributed by atoms with E-state index in [2.05, 4.69) is 70.4 Å². The number of fused-ring (bicyclic) bond motifs is 2. The van der Waals surface area contributed by atoms with E-state index in [-0.39, 0.29) is 76.6 Å². The number of phenolic OH excluding ortho intramolecular Hbond substituents is 1. The van der Waals surface area contributed by atoms with Crippen molar-refractivity contribution >= 4 is 111 Å². The van der Waals surface area contributed by atoms with E-state index in [0.29, 0.717) is 22.0 Å². The number of H-pyrrole nitrogens is 2. The number of carboxylic acid groups (broad SMARTS) is 3. The number of aliphatic hydroxyl groups is 1. The maximum absolute atomic E-state index is 14.8. The zero-order chi connectivity index (χ0) is 70.8. The van der Waals surface area contributed by atoms with Crippen LogP contribution in [0.2, 0.25) is 0 Å². The predicted octanol–water partition coefficient (Wildman–Crippen LogP) is -3.45. The van der Waals surface area contributed by atoms with Crippen LogP contribution in [-0.2, 0) is 81.6 Å². The lowest BCUT2D eigenvalue weighted by Gasteiger charge is -2.28. The number of aromatic nitrogens is 2. The summed E-state index contributed by atoms with van der Waals surface area (Å²) < 4.78 is 0. The van der Waals surface area contributed by atoms with Gasteiger partial charge in [-0.25, -0.2) is 4.79 Å². The lowest BCUT2D eigenvalue weighted by molar-refractivity contribution is -0.143. The van der Waals surface area contributed by atoms with Crippen molar-refractivity contribution in [2.75, 3.05) is 18.8 Å². The van der Waals surface area contributed by atoms with Crippen molar-refractivity contribution in [3.8, 4) is 5.75 Å². The number of phenols is 1. The number of thiol groups is 1. The molecule has 24 N–H and O–H groups in total. The number of aromatic amines is 2. The van der Waals surface area contributed by atoms with Crippen LogP contribution in [0.1, 0.15) is 81.4 Å². The zero-order valence-corrected chi connectivity index (χ0v) is 53.2. The summed E-state index contributed by atoms with van der Waals surface area (Å²) in [5, 5.41) is 72.5. The Morgan fingerprint density at radius 2 is 0.854 bits per heavy atom. The van der Waals surface area contributed by atoms with Gasteiger partial charge in [-0.3, -0.25) is 57.5 Å². The molecule has 0 radical (unpaired) electrons. The molecule has 3 aromatic carbocycles. The first-order chi connectivity index (χ1) is 45.6. The lowest BCUT2D eigenvalue weighted by Crippen LogP contribution is -2.62. The minimum Gasteiger partial charge on any atom is -0.508 e. The Hall–Kier alpha value is -10.2. The van der Waals surface area contributed by atoms with Crippen LogP contribution in [0.15, 0.2) is 85.2 Å². The van der Waals surface area contributed by atoms with Gasteiger partial charge in [0.25, 0.3) is 0 Å². The van der Waals surface area contributed by atoms with Crippen molar-refractivity contribution in [1.82, 2.24) is 57.8 Å². The second kappa shape index (κ2) is 37.7. The quantitative estimate of drug-likeness (QED) is 0.0134. The smallest absolute Gasteiger partial charge is 0.327 e. The Bertz CT molecular complexity index is 3570. The summed E-state index contributed by atoms with van der Waals surface area (Å²) in [4.78, 5) is 182. The Kier molecular flexibility index (Phi) is 30.0. The van der Waals surface area contributed by atoms with E-state index in [1.807, 2.05) is 24.3 Å². The fourth-order valence-corrected chi connectivity index (χ4v) is 10.4. The Morgan fingerprint density at radius 1 is 0.469 bits per heavy atom. The monoisotopic (exact) mass is 1360 g/mol. The Morgan fingerprint density at radius 3 is 1.29 bits per heavy atom. The fourth-order valence-electron chi connectivity index (χ4n) is 10.2. The van der Waals surface area contributed by atoms with Gasteiger partial charge in [0.2, 0.25) is 59.1 Å². The van der Waals surface area contributed by atoms with E-state index >= 15 is 0 Å². The van der Waals surface area contributed by atoms with Gasteiger partial charge in [-0.1, -0.05) is 48.5 Å². The number of nitrogens with one attached hydrogen (secondary N) is 11. The second-order valence-electron chi connectivity index (χ2n) is 22.8. The summed E-state index contributed by atoms with van der Waals surface area (Å²) in [5.41, 5.74) is 26.5. The number of rotatable bonds is 41. The summed E-state index contributed by atoms with van der Waals surface area (Å²) in [7, 11) is 0. The van der Waals surface area contributed by atoms with Crippen LogP contribution in [-0.4, -0.2) is 198 Å². The molecule has 11 atom stereocenters. The molecule has 520 valence electrons. The summed E-state index contributed by atoms with van der Waals surface area (Å²) in [6.07, 6.45) is -1.82. The first-order valence-electron chi connectivity index (χ1n) is 30.6. The molecular weight excluding hydrogens is 1270 g/mol. The second-order valence-corrected chi connectivity index (χ2v) is 23.1. The van der Waals surface area contributed by atoms with E-state index in [0.717, 1.165) is 23.4 Å². The predicted molar refractivity (Wildman–Crippen MR) is 348 cm³/mol. The zero-order valence-electron chi connectivity index (χ0n) is 52.3. The van der Waals surface area contributed by atoms with E-state index in [1.54, 1.807) is 36.7 Å². The highest BCUT2D eigenvalue weighted by molar-refractivity contribution is 7.80. The highest BCUT2D eigenvalue weighted by Gasteiger charge is 2.38. The molecule has 0 aliphatic carbocycles. The Labute approximate surface area is 554 Å². The van der Waals surface area contributed by atoms with Crippen molar-refractivity contribution in [2.24, 2.45) is 22.9 Å². The van der Waals surface area contributed by atoms with Crippen molar-refractivity contribution in [3.05, 3.63) is 102 Å². The molecule has 0 unspecified atom stereocenters. The molecule has 0 saturated heterocycles. The number of carbonyl (C=O) groups is 13. The van der Waals surface area contributed by atoms with Crippen LogP contribution >= 0.6 is 12.6 Å². The summed E-state index contributed by atoms with van der Waals surface area (Å²) >= 11 is 3.85. The average molecular weight is 1360 g/mol. The summed E-state index contributed by atoms with van der Waals surface area (Å²) in [6, 6.07) is 2.83. The van der Waals surface area contributed by atoms with E-state index in [4.69, 9.17) is 22.9 Å². The number of aliphatic carboxylic acids is 3. The Balaban J connectivity index is 1.40. The molecule has 10 amide bonds. The van der Waals surface area contributed by atoms with Crippen molar-refractivity contribution in [1.29, 1.82) is 0 Å². The molecule has 34 heteroatoms. The van der Waals surface area contributed by atoms with Gasteiger partial charge in [0.15, 0.2) is 0 Å². The number of para-hydroxylation sites is 2. The van der Waals surface area contributed by atoms with Gasteiger partial charge in [-0.05, 0) is 106 Å². The summed E-state index contributed by atoms with van der Waals surface area (Å²) in [6.45, 7) is 1.22. The molecule has 0 fully saturated rings. The topological polar surface area (TPSA) is 567 Å². The van der Waals surface area contributed by atoms with Gasteiger partial charge >= 0.3 is 17.9 Å². The fraction of sp³-hybridized carbons (Fsp3) is 0.435. The third-order valence-corrected chi connectivity index (χ3v) is 15.6. The molecule has 5 aromatic rings. The molecule has 0 spiro atoms. The lowest BCUT2D eigenvalue weighted by atomic mass is 10.0. The van der Waals surface area contributed by atoms with Gasteiger partial charge in [0, 0.05) is 52.8 Å².